The number of aromatic nitrogens is 1. The summed E-state index contributed by atoms with van der Waals surface area (Å²) in [5.41, 5.74) is 8.34. The molecule has 3 rings (SSSR count). The second-order valence-corrected chi connectivity index (χ2v) is 5.04. The van der Waals surface area contributed by atoms with Crippen molar-refractivity contribution in [1.29, 1.82) is 0 Å². The number of aryl methyl sites for hydroxylation is 1. The van der Waals surface area contributed by atoms with Crippen LogP contribution in [0.3, 0.4) is 0 Å². The highest BCUT2D eigenvalue weighted by molar-refractivity contribution is 5.32. The van der Waals surface area contributed by atoms with Crippen molar-refractivity contribution in [3.8, 4) is 11.6 Å². The molecule has 19 heavy (non-hydrogen) atoms. The van der Waals surface area contributed by atoms with Gasteiger partial charge in [-0.1, -0.05) is 25.1 Å². The van der Waals surface area contributed by atoms with Crippen molar-refractivity contribution in [2.24, 2.45) is 5.73 Å². The Balaban J connectivity index is 1.68. The monoisotopic (exact) mass is 254 g/mol. The second-order valence-electron chi connectivity index (χ2n) is 5.04. The molecule has 1 heterocycles. The molecular weight excluding hydrogens is 236 g/mol. The lowest BCUT2D eigenvalue weighted by Crippen LogP contribution is -2.01. The smallest absolute Gasteiger partial charge is 0.219 e. The van der Waals surface area contributed by atoms with Crippen LogP contribution in [-0.2, 0) is 6.42 Å². The SMILES string of the molecule is CCc1ccc(Oc2ccc([C@@H]3C[C@H]3N)cn2)cc1. The van der Waals surface area contributed by atoms with E-state index in [9.17, 15) is 0 Å². The summed E-state index contributed by atoms with van der Waals surface area (Å²) in [6, 6.07) is 12.4. The van der Waals surface area contributed by atoms with E-state index in [0.29, 0.717) is 17.8 Å². The molecule has 1 aromatic carbocycles. The topological polar surface area (TPSA) is 48.1 Å². The summed E-state index contributed by atoms with van der Waals surface area (Å²) >= 11 is 0. The Morgan fingerprint density at radius 1 is 1.21 bits per heavy atom. The zero-order valence-corrected chi connectivity index (χ0v) is 11.0. The molecule has 2 atom stereocenters. The maximum absolute atomic E-state index is 5.83. The number of ether oxygens (including phenoxy) is 1. The van der Waals surface area contributed by atoms with Gasteiger partial charge in [0.25, 0.3) is 0 Å². The molecule has 0 amide bonds. The van der Waals surface area contributed by atoms with Gasteiger partial charge < -0.3 is 10.5 Å². The van der Waals surface area contributed by atoms with Gasteiger partial charge in [-0.15, -0.1) is 0 Å². The highest BCUT2D eigenvalue weighted by Crippen LogP contribution is 2.38. The van der Waals surface area contributed by atoms with Crippen LogP contribution in [0.1, 0.15) is 30.4 Å². The first-order chi connectivity index (χ1) is 9.26. The number of benzene rings is 1. The predicted octanol–water partition coefficient (Wildman–Crippen LogP) is 3.25. The van der Waals surface area contributed by atoms with Crippen molar-refractivity contribution in [1.82, 2.24) is 4.98 Å². The highest BCUT2D eigenvalue weighted by Gasteiger charge is 2.34. The van der Waals surface area contributed by atoms with E-state index in [2.05, 4.69) is 30.1 Å². The van der Waals surface area contributed by atoms with Crippen LogP contribution in [-0.4, -0.2) is 11.0 Å². The normalized spacial score (nSPS) is 21.2. The Morgan fingerprint density at radius 3 is 2.47 bits per heavy atom. The summed E-state index contributed by atoms with van der Waals surface area (Å²) < 4.78 is 5.72. The highest BCUT2D eigenvalue weighted by atomic mass is 16.5. The molecule has 1 fully saturated rings. The van der Waals surface area contributed by atoms with E-state index in [1.54, 1.807) is 0 Å². The van der Waals surface area contributed by atoms with E-state index < -0.39 is 0 Å². The molecule has 1 aliphatic carbocycles. The number of nitrogens with zero attached hydrogens (tertiary/aromatic N) is 1. The molecule has 1 aromatic heterocycles. The van der Waals surface area contributed by atoms with Crippen molar-refractivity contribution in [3.05, 3.63) is 53.7 Å². The number of hydrogen-bond donors (Lipinski definition) is 1. The van der Waals surface area contributed by atoms with Gasteiger partial charge in [-0.25, -0.2) is 4.98 Å². The van der Waals surface area contributed by atoms with Crippen LogP contribution in [0.15, 0.2) is 42.6 Å². The third-order valence-electron chi connectivity index (χ3n) is 3.58. The van der Waals surface area contributed by atoms with E-state index >= 15 is 0 Å². The van der Waals surface area contributed by atoms with Crippen LogP contribution in [0, 0.1) is 0 Å². The molecule has 2 aromatic rings. The third kappa shape index (κ3) is 2.76. The van der Waals surface area contributed by atoms with Crippen LogP contribution in [0.5, 0.6) is 11.6 Å². The number of hydrogen-bond acceptors (Lipinski definition) is 3. The Hall–Kier alpha value is -1.87. The molecule has 0 saturated heterocycles. The molecule has 98 valence electrons. The van der Waals surface area contributed by atoms with E-state index in [-0.39, 0.29) is 0 Å². The molecule has 3 heteroatoms. The van der Waals surface area contributed by atoms with Gasteiger partial charge >= 0.3 is 0 Å². The first kappa shape index (κ1) is 12.2. The maximum atomic E-state index is 5.83. The zero-order chi connectivity index (χ0) is 13.2. The molecule has 1 saturated carbocycles. The van der Waals surface area contributed by atoms with Crippen LogP contribution in [0.25, 0.3) is 0 Å². The van der Waals surface area contributed by atoms with Gasteiger partial charge in [-0.05, 0) is 36.1 Å². The lowest BCUT2D eigenvalue weighted by Gasteiger charge is -2.06. The zero-order valence-electron chi connectivity index (χ0n) is 11.0. The van der Waals surface area contributed by atoms with Crippen molar-refractivity contribution in [2.75, 3.05) is 0 Å². The standard InChI is InChI=1S/C16H18N2O/c1-2-11-3-6-13(7-4-11)19-16-8-5-12(10-18-16)14-9-15(14)17/h3-8,10,14-15H,2,9,17H2,1H3/t14-,15+/m0/s1. The molecule has 0 aliphatic heterocycles. The quantitative estimate of drug-likeness (QED) is 0.911. The average molecular weight is 254 g/mol. The largest absolute Gasteiger partial charge is 0.439 e. The summed E-state index contributed by atoms with van der Waals surface area (Å²) in [6.07, 6.45) is 3.97. The molecular formula is C16H18N2O. The van der Waals surface area contributed by atoms with Crippen LogP contribution < -0.4 is 10.5 Å². The van der Waals surface area contributed by atoms with Crippen LogP contribution in [0.4, 0.5) is 0 Å². The first-order valence-electron chi connectivity index (χ1n) is 6.74. The van der Waals surface area contributed by atoms with Crippen molar-refractivity contribution < 1.29 is 4.74 Å². The minimum absolute atomic E-state index is 0.315. The lowest BCUT2D eigenvalue weighted by molar-refractivity contribution is 0.462. The fourth-order valence-corrected chi connectivity index (χ4v) is 2.18. The van der Waals surface area contributed by atoms with Crippen molar-refractivity contribution in [2.45, 2.75) is 31.7 Å². The molecule has 2 N–H and O–H groups in total. The molecule has 3 nitrogen and oxygen atoms in total. The average Bonchev–Trinajstić information content (AvgIpc) is 3.18. The number of pyridine rings is 1. The van der Waals surface area contributed by atoms with Gasteiger partial charge in [-0.2, -0.15) is 0 Å². The summed E-state index contributed by atoms with van der Waals surface area (Å²) in [4.78, 5) is 4.33. The fraction of sp³-hybridized carbons (Fsp3) is 0.312. The van der Waals surface area contributed by atoms with Crippen molar-refractivity contribution >= 4 is 0 Å². The van der Waals surface area contributed by atoms with Gasteiger partial charge in [0.1, 0.15) is 5.75 Å². The van der Waals surface area contributed by atoms with Gasteiger partial charge in [0.05, 0.1) is 0 Å². The molecule has 0 bridgehead atoms. The van der Waals surface area contributed by atoms with Gasteiger partial charge in [0, 0.05) is 24.2 Å². The molecule has 0 unspecified atom stereocenters. The van der Waals surface area contributed by atoms with E-state index in [4.69, 9.17) is 10.5 Å². The maximum Gasteiger partial charge on any atom is 0.219 e. The minimum Gasteiger partial charge on any atom is -0.439 e. The van der Waals surface area contributed by atoms with Gasteiger partial charge in [0.2, 0.25) is 5.88 Å². The summed E-state index contributed by atoms with van der Waals surface area (Å²) in [5, 5.41) is 0. The van der Waals surface area contributed by atoms with E-state index in [1.165, 1.54) is 11.1 Å². The van der Waals surface area contributed by atoms with Gasteiger partial charge in [0.15, 0.2) is 0 Å². The number of rotatable bonds is 4. The Labute approximate surface area is 113 Å². The van der Waals surface area contributed by atoms with E-state index in [0.717, 1.165) is 18.6 Å². The Morgan fingerprint density at radius 2 is 1.95 bits per heavy atom. The lowest BCUT2D eigenvalue weighted by atomic mass is 10.2. The third-order valence-corrected chi connectivity index (χ3v) is 3.58. The summed E-state index contributed by atoms with van der Waals surface area (Å²) in [5.74, 6) is 1.94. The molecule has 0 radical (unpaired) electrons. The predicted molar refractivity (Wildman–Crippen MR) is 75.5 cm³/mol. The summed E-state index contributed by atoms with van der Waals surface area (Å²) in [6.45, 7) is 2.14. The Bertz CT molecular complexity index is 548. The van der Waals surface area contributed by atoms with Crippen LogP contribution in [0.2, 0.25) is 0 Å². The van der Waals surface area contributed by atoms with Crippen LogP contribution >= 0.6 is 0 Å². The Kier molecular flexibility index (Phi) is 3.22. The molecule has 1 aliphatic rings. The second kappa shape index (κ2) is 5.02. The fourth-order valence-electron chi connectivity index (χ4n) is 2.18. The molecule has 0 spiro atoms. The first-order valence-corrected chi connectivity index (χ1v) is 6.74. The number of nitrogens with two attached hydrogens (primary N) is 1. The summed E-state index contributed by atoms with van der Waals surface area (Å²) in [7, 11) is 0. The minimum atomic E-state index is 0.315. The van der Waals surface area contributed by atoms with Crippen molar-refractivity contribution in [3.63, 3.8) is 0 Å². The van der Waals surface area contributed by atoms with Gasteiger partial charge in [-0.3, -0.25) is 0 Å². The van der Waals surface area contributed by atoms with E-state index in [1.807, 2.05) is 24.4 Å².